The number of fused-ring (bicyclic) bond motifs is 1. The molecule has 5 nitrogen and oxygen atoms in total. The molecule has 3 aromatic rings. The molecule has 25 heavy (non-hydrogen) atoms. The van der Waals surface area contributed by atoms with Crippen LogP contribution in [-0.4, -0.2) is 14.3 Å². The molecule has 4 rings (SSSR count). The Bertz CT molecular complexity index is 1040. The lowest BCUT2D eigenvalue weighted by atomic mass is 10.1. The molecule has 0 atom stereocenters. The van der Waals surface area contributed by atoms with Gasteiger partial charge in [-0.1, -0.05) is 18.2 Å². The third kappa shape index (κ3) is 2.56. The largest absolute Gasteiger partial charge is 0.308 e. The number of nitriles is 1. The van der Waals surface area contributed by atoms with Crippen LogP contribution in [0.2, 0.25) is 0 Å². The van der Waals surface area contributed by atoms with E-state index >= 15 is 0 Å². The van der Waals surface area contributed by atoms with Crippen LogP contribution in [0.4, 0.5) is 0 Å². The summed E-state index contributed by atoms with van der Waals surface area (Å²) in [5, 5.41) is 14.0. The van der Waals surface area contributed by atoms with Crippen molar-refractivity contribution in [2.45, 2.75) is 32.7 Å². The summed E-state index contributed by atoms with van der Waals surface area (Å²) in [7, 11) is 0. The second-order valence-corrected chi connectivity index (χ2v) is 6.39. The zero-order chi connectivity index (χ0) is 17.4. The Morgan fingerprint density at radius 3 is 2.76 bits per heavy atom. The summed E-state index contributed by atoms with van der Waals surface area (Å²) >= 11 is 0. The van der Waals surface area contributed by atoms with Gasteiger partial charge in [0, 0.05) is 11.9 Å². The topological polar surface area (TPSA) is 63.6 Å². The fourth-order valence-electron chi connectivity index (χ4n) is 3.51. The molecule has 0 saturated heterocycles. The van der Waals surface area contributed by atoms with Crippen LogP contribution in [0.15, 0.2) is 47.4 Å². The van der Waals surface area contributed by atoms with Gasteiger partial charge in [-0.2, -0.15) is 10.4 Å². The molecule has 0 radical (unpaired) electrons. The van der Waals surface area contributed by atoms with Gasteiger partial charge in [0.05, 0.1) is 17.9 Å². The van der Waals surface area contributed by atoms with Crippen LogP contribution >= 0.6 is 0 Å². The van der Waals surface area contributed by atoms with Crippen molar-refractivity contribution in [1.29, 1.82) is 5.26 Å². The van der Waals surface area contributed by atoms with Crippen LogP contribution in [0.3, 0.4) is 0 Å². The lowest BCUT2D eigenvalue weighted by Gasteiger charge is -2.07. The van der Waals surface area contributed by atoms with E-state index < -0.39 is 0 Å². The van der Waals surface area contributed by atoms with Crippen molar-refractivity contribution >= 4 is 0 Å². The quantitative estimate of drug-likeness (QED) is 0.742. The van der Waals surface area contributed by atoms with Gasteiger partial charge in [-0.25, -0.2) is 4.68 Å². The predicted molar refractivity (Wildman–Crippen MR) is 94.8 cm³/mol. The summed E-state index contributed by atoms with van der Waals surface area (Å²) in [5.41, 5.74) is 5.12. The first-order valence-electron chi connectivity index (χ1n) is 8.44. The standard InChI is InChI=1S/C20H18N4O/c1-14-10-11-23(20(25)17(14)12-21)13-18-16-8-5-9-19(16)24(22-18)15-6-3-2-4-7-15/h2-4,6-7,10-11H,5,8-9,13H2,1H3. The number of aromatic nitrogens is 3. The molecule has 0 N–H and O–H groups in total. The summed E-state index contributed by atoms with van der Waals surface area (Å²) in [6, 6.07) is 13.9. The van der Waals surface area contributed by atoms with E-state index in [1.807, 2.05) is 47.1 Å². The minimum Gasteiger partial charge on any atom is -0.308 e. The highest BCUT2D eigenvalue weighted by molar-refractivity contribution is 5.40. The Balaban J connectivity index is 1.79. The Morgan fingerprint density at radius 2 is 2.00 bits per heavy atom. The average Bonchev–Trinajstić information content (AvgIpc) is 3.22. The first-order valence-corrected chi connectivity index (χ1v) is 8.44. The minimum atomic E-state index is -0.247. The normalized spacial score (nSPS) is 12.8. The number of aryl methyl sites for hydroxylation is 1. The Labute approximate surface area is 145 Å². The van der Waals surface area contributed by atoms with Crippen molar-refractivity contribution in [3.8, 4) is 11.8 Å². The van der Waals surface area contributed by atoms with E-state index in [1.165, 1.54) is 11.3 Å². The number of pyridine rings is 1. The van der Waals surface area contributed by atoms with Crippen molar-refractivity contribution in [3.05, 3.63) is 81.0 Å². The van der Waals surface area contributed by atoms with Crippen molar-refractivity contribution in [2.75, 3.05) is 0 Å². The molecule has 1 aliphatic rings. The fraction of sp³-hybridized carbons (Fsp3) is 0.250. The predicted octanol–water partition coefficient (Wildman–Crippen LogP) is 2.75. The van der Waals surface area contributed by atoms with Crippen LogP contribution in [0.1, 0.15) is 34.5 Å². The number of nitrogens with zero attached hydrogens (tertiary/aromatic N) is 4. The van der Waals surface area contributed by atoms with Gasteiger partial charge in [-0.05, 0) is 55.5 Å². The Kier molecular flexibility index (Phi) is 3.73. The Morgan fingerprint density at radius 1 is 1.20 bits per heavy atom. The van der Waals surface area contributed by atoms with Gasteiger partial charge in [-0.15, -0.1) is 0 Å². The highest BCUT2D eigenvalue weighted by Crippen LogP contribution is 2.28. The molecule has 2 heterocycles. The van der Waals surface area contributed by atoms with Crippen molar-refractivity contribution in [2.24, 2.45) is 0 Å². The minimum absolute atomic E-state index is 0.210. The van der Waals surface area contributed by atoms with E-state index in [2.05, 4.69) is 0 Å². The van der Waals surface area contributed by atoms with Crippen molar-refractivity contribution in [1.82, 2.24) is 14.3 Å². The maximum Gasteiger partial charge on any atom is 0.269 e. The summed E-state index contributed by atoms with van der Waals surface area (Å²) in [6.07, 6.45) is 4.85. The summed E-state index contributed by atoms with van der Waals surface area (Å²) in [5.74, 6) is 0. The fourth-order valence-corrected chi connectivity index (χ4v) is 3.51. The van der Waals surface area contributed by atoms with Crippen LogP contribution in [-0.2, 0) is 19.4 Å². The van der Waals surface area contributed by atoms with E-state index in [0.717, 1.165) is 30.6 Å². The van der Waals surface area contributed by atoms with Crippen molar-refractivity contribution < 1.29 is 0 Å². The van der Waals surface area contributed by atoms with Gasteiger partial charge >= 0.3 is 0 Å². The average molecular weight is 330 g/mol. The molecule has 0 saturated carbocycles. The van der Waals surface area contributed by atoms with Gasteiger partial charge in [-0.3, -0.25) is 4.79 Å². The molecule has 0 spiro atoms. The lowest BCUT2D eigenvalue weighted by molar-refractivity contribution is 0.695. The molecule has 0 bridgehead atoms. The highest BCUT2D eigenvalue weighted by Gasteiger charge is 2.23. The summed E-state index contributed by atoms with van der Waals surface area (Å²) in [6.45, 7) is 2.18. The first kappa shape index (κ1) is 15.4. The molecule has 2 aromatic heterocycles. The van der Waals surface area contributed by atoms with E-state index in [-0.39, 0.29) is 11.1 Å². The Hall–Kier alpha value is -3.13. The highest BCUT2D eigenvalue weighted by atomic mass is 16.1. The maximum absolute atomic E-state index is 12.5. The van der Waals surface area contributed by atoms with Gasteiger partial charge in [0.25, 0.3) is 5.56 Å². The number of rotatable bonds is 3. The van der Waals surface area contributed by atoms with Gasteiger partial charge in [0.15, 0.2) is 0 Å². The number of para-hydroxylation sites is 1. The van der Waals surface area contributed by atoms with Gasteiger partial charge in [0.2, 0.25) is 0 Å². The van der Waals surface area contributed by atoms with Gasteiger partial charge < -0.3 is 4.57 Å². The molecule has 5 heteroatoms. The van der Waals surface area contributed by atoms with E-state index in [0.29, 0.717) is 12.1 Å². The zero-order valence-electron chi connectivity index (χ0n) is 14.1. The third-order valence-electron chi connectivity index (χ3n) is 4.82. The summed E-state index contributed by atoms with van der Waals surface area (Å²) in [4.78, 5) is 12.5. The second-order valence-electron chi connectivity index (χ2n) is 6.39. The zero-order valence-corrected chi connectivity index (χ0v) is 14.1. The molecule has 1 aliphatic carbocycles. The number of hydrogen-bond donors (Lipinski definition) is 0. The first-order chi connectivity index (χ1) is 12.2. The van der Waals surface area contributed by atoms with Crippen molar-refractivity contribution in [3.63, 3.8) is 0 Å². The van der Waals surface area contributed by atoms with E-state index in [4.69, 9.17) is 5.10 Å². The van der Waals surface area contributed by atoms with E-state index in [1.54, 1.807) is 17.7 Å². The van der Waals surface area contributed by atoms with Crippen LogP contribution in [0, 0.1) is 18.3 Å². The lowest BCUT2D eigenvalue weighted by Crippen LogP contribution is -2.24. The third-order valence-corrected chi connectivity index (χ3v) is 4.82. The molecular weight excluding hydrogens is 312 g/mol. The second kappa shape index (κ2) is 6.06. The molecule has 0 fully saturated rings. The van der Waals surface area contributed by atoms with Crippen LogP contribution in [0.5, 0.6) is 0 Å². The smallest absolute Gasteiger partial charge is 0.269 e. The molecule has 0 unspecified atom stereocenters. The molecule has 124 valence electrons. The monoisotopic (exact) mass is 330 g/mol. The molecule has 0 amide bonds. The van der Waals surface area contributed by atoms with Gasteiger partial charge in [0.1, 0.15) is 11.6 Å². The number of hydrogen-bond acceptors (Lipinski definition) is 3. The van der Waals surface area contributed by atoms with E-state index in [9.17, 15) is 10.1 Å². The maximum atomic E-state index is 12.5. The number of benzene rings is 1. The molecule has 0 aliphatic heterocycles. The summed E-state index contributed by atoms with van der Waals surface area (Å²) < 4.78 is 3.59. The van der Waals surface area contributed by atoms with Crippen LogP contribution < -0.4 is 5.56 Å². The SMILES string of the molecule is Cc1ccn(Cc2nn(-c3ccccc3)c3c2CCC3)c(=O)c1C#N. The molecule has 1 aromatic carbocycles. The molecular formula is C20H18N4O. The van der Waals surface area contributed by atoms with Crippen LogP contribution in [0.25, 0.3) is 5.69 Å².